The average molecular weight is 340 g/mol. The Hall–Kier alpha value is -3.03. The van der Waals surface area contributed by atoms with Crippen molar-refractivity contribution < 1.29 is 9.18 Å². The first kappa shape index (κ1) is 15.5. The van der Waals surface area contributed by atoms with Crippen molar-refractivity contribution in [3.8, 4) is 0 Å². The smallest absolute Gasteiger partial charge is 0.256 e. The van der Waals surface area contributed by atoms with Crippen molar-refractivity contribution in [2.75, 3.05) is 18.4 Å². The molecule has 1 fully saturated rings. The maximum Gasteiger partial charge on any atom is 0.256 e. The third kappa shape index (κ3) is 3.15. The lowest BCUT2D eigenvalue weighted by Crippen LogP contribution is -2.42. The maximum atomic E-state index is 13.8. The highest BCUT2D eigenvalue weighted by Crippen LogP contribution is 2.22. The lowest BCUT2D eigenvalue weighted by atomic mass is 10.0. The van der Waals surface area contributed by atoms with Gasteiger partial charge < -0.3 is 15.2 Å². The quantitative estimate of drug-likeness (QED) is 0.763. The molecule has 2 N–H and O–H groups in total. The molecule has 1 saturated heterocycles. The molecule has 3 heterocycles. The van der Waals surface area contributed by atoms with Crippen molar-refractivity contribution >= 4 is 22.8 Å². The second-order valence-electron chi connectivity index (χ2n) is 6.07. The minimum atomic E-state index is -0.445. The summed E-state index contributed by atoms with van der Waals surface area (Å²) in [5, 5.41) is 11.2. The zero-order valence-electron chi connectivity index (χ0n) is 13.4. The topological polar surface area (TPSA) is 86.8 Å². The van der Waals surface area contributed by atoms with Crippen LogP contribution in [0.2, 0.25) is 0 Å². The van der Waals surface area contributed by atoms with Crippen LogP contribution < -0.4 is 5.32 Å². The van der Waals surface area contributed by atoms with Crippen LogP contribution in [0.15, 0.2) is 36.8 Å². The van der Waals surface area contributed by atoms with Gasteiger partial charge in [0.15, 0.2) is 0 Å². The van der Waals surface area contributed by atoms with Crippen LogP contribution in [-0.2, 0) is 0 Å². The molecular weight excluding hydrogens is 323 g/mol. The van der Waals surface area contributed by atoms with Gasteiger partial charge in [0.1, 0.15) is 17.2 Å². The second-order valence-corrected chi connectivity index (χ2v) is 6.07. The number of benzene rings is 1. The maximum absolute atomic E-state index is 13.8. The molecule has 0 bridgehead atoms. The number of aromatic amines is 1. The van der Waals surface area contributed by atoms with Crippen LogP contribution in [0.3, 0.4) is 0 Å². The lowest BCUT2D eigenvalue weighted by molar-refractivity contribution is 0.0720. The van der Waals surface area contributed by atoms with Gasteiger partial charge >= 0.3 is 0 Å². The fourth-order valence-electron chi connectivity index (χ4n) is 3.16. The first-order chi connectivity index (χ1) is 12.2. The summed E-state index contributed by atoms with van der Waals surface area (Å²) in [6.07, 6.45) is 4.68. The minimum absolute atomic E-state index is 0.186. The molecule has 0 spiro atoms. The van der Waals surface area contributed by atoms with Crippen molar-refractivity contribution in [2.24, 2.45) is 0 Å². The molecule has 2 aromatic heterocycles. The number of anilines is 1. The second kappa shape index (κ2) is 6.46. The molecule has 0 atom stereocenters. The molecule has 25 heavy (non-hydrogen) atoms. The Kier molecular flexibility index (Phi) is 4.01. The first-order valence-corrected chi connectivity index (χ1v) is 8.17. The van der Waals surface area contributed by atoms with E-state index in [0.717, 1.165) is 18.7 Å². The normalized spacial score (nSPS) is 15.5. The molecule has 1 aromatic carbocycles. The molecule has 0 radical (unpaired) electrons. The molecule has 0 saturated carbocycles. The number of amides is 1. The van der Waals surface area contributed by atoms with Crippen molar-refractivity contribution in [1.82, 2.24) is 25.1 Å². The van der Waals surface area contributed by atoms with Gasteiger partial charge in [0, 0.05) is 25.3 Å². The van der Waals surface area contributed by atoms with E-state index < -0.39 is 5.82 Å². The van der Waals surface area contributed by atoms with Crippen molar-refractivity contribution in [3.63, 3.8) is 0 Å². The molecule has 0 aliphatic carbocycles. The van der Waals surface area contributed by atoms with Gasteiger partial charge in [-0.3, -0.25) is 4.79 Å². The van der Waals surface area contributed by atoms with Crippen molar-refractivity contribution in [3.05, 3.63) is 48.2 Å². The van der Waals surface area contributed by atoms with Crippen LogP contribution in [0.4, 0.5) is 10.2 Å². The Balaban J connectivity index is 1.45. The van der Waals surface area contributed by atoms with Crippen LogP contribution in [0, 0.1) is 5.82 Å². The highest BCUT2D eigenvalue weighted by molar-refractivity contribution is 6.04. The number of carbonyl (C=O) groups is 1. The Labute approximate surface area is 143 Å². The van der Waals surface area contributed by atoms with E-state index >= 15 is 0 Å². The van der Waals surface area contributed by atoms with Crippen LogP contribution in [0.25, 0.3) is 11.0 Å². The number of piperidine rings is 1. The molecule has 1 aliphatic rings. The molecular formula is C17H17FN6O. The number of likely N-dealkylation sites (tertiary alicyclic amines) is 1. The number of H-pyrrole nitrogens is 1. The van der Waals surface area contributed by atoms with Crippen molar-refractivity contribution in [2.45, 2.75) is 18.9 Å². The monoisotopic (exact) mass is 340 g/mol. The molecule has 0 unspecified atom stereocenters. The zero-order valence-corrected chi connectivity index (χ0v) is 13.4. The highest BCUT2D eigenvalue weighted by atomic mass is 19.1. The van der Waals surface area contributed by atoms with Crippen LogP contribution in [-0.4, -0.2) is 50.1 Å². The van der Waals surface area contributed by atoms with Gasteiger partial charge in [0.05, 0.1) is 17.4 Å². The number of hydrogen-bond donors (Lipinski definition) is 2. The fourth-order valence-corrected chi connectivity index (χ4v) is 3.16. The lowest BCUT2D eigenvalue weighted by Gasteiger charge is -2.32. The number of hydrogen-bond acceptors (Lipinski definition) is 5. The predicted octanol–water partition coefficient (Wildman–Crippen LogP) is 2.21. The summed E-state index contributed by atoms with van der Waals surface area (Å²) in [6, 6.07) is 6.53. The number of nitrogens with zero attached hydrogens (tertiary/aromatic N) is 4. The summed E-state index contributed by atoms with van der Waals surface area (Å²) in [5.41, 5.74) is 1.34. The van der Waals surface area contributed by atoms with E-state index in [9.17, 15) is 9.18 Å². The van der Waals surface area contributed by atoms with Crippen LogP contribution in [0.1, 0.15) is 23.2 Å². The Morgan fingerprint density at radius 1 is 1.32 bits per heavy atom. The van der Waals surface area contributed by atoms with Gasteiger partial charge in [-0.2, -0.15) is 5.10 Å². The van der Waals surface area contributed by atoms with Crippen molar-refractivity contribution in [1.29, 1.82) is 0 Å². The van der Waals surface area contributed by atoms with Gasteiger partial charge in [0.2, 0.25) is 0 Å². The van der Waals surface area contributed by atoms with E-state index in [0.29, 0.717) is 29.7 Å². The number of halogens is 1. The number of nitrogens with one attached hydrogen (secondary N) is 2. The summed E-state index contributed by atoms with van der Waals surface area (Å²) < 4.78 is 13.8. The fraction of sp³-hybridized carbons (Fsp3) is 0.294. The molecule has 1 amide bonds. The third-order valence-corrected chi connectivity index (χ3v) is 4.43. The number of aromatic nitrogens is 4. The number of fused-ring (bicyclic) bond motifs is 1. The zero-order chi connectivity index (χ0) is 17.2. The number of imidazole rings is 1. The number of rotatable bonds is 3. The van der Waals surface area contributed by atoms with E-state index in [2.05, 4.69) is 25.5 Å². The highest BCUT2D eigenvalue weighted by Gasteiger charge is 2.26. The van der Waals surface area contributed by atoms with Gasteiger partial charge in [-0.15, -0.1) is 5.10 Å². The largest absolute Gasteiger partial charge is 0.366 e. The first-order valence-electron chi connectivity index (χ1n) is 8.17. The van der Waals surface area contributed by atoms with E-state index in [4.69, 9.17) is 0 Å². The third-order valence-electron chi connectivity index (χ3n) is 4.43. The molecule has 8 heteroatoms. The van der Waals surface area contributed by atoms with E-state index in [1.54, 1.807) is 11.1 Å². The van der Waals surface area contributed by atoms with E-state index in [-0.39, 0.29) is 11.9 Å². The van der Waals surface area contributed by atoms with Gasteiger partial charge in [-0.05, 0) is 37.1 Å². The van der Waals surface area contributed by atoms with Crippen LogP contribution in [0.5, 0.6) is 0 Å². The van der Waals surface area contributed by atoms with E-state index in [1.807, 2.05) is 12.1 Å². The van der Waals surface area contributed by atoms with Gasteiger partial charge in [-0.1, -0.05) is 0 Å². The standard InChI is InChI=1S/C17H17FN6O/c18-11-8-13(16-14(9-11)19-10-20-16)17(25)24-6-3-12(4-7-24)22-15-2-1-5-21-23-15/h1-2,5,8-10,12H,3-4,6-7H2,(H,19,20)(H,22,23). The summed E-state index contributed by atoms with van der Waals surface area (Å²) in [5.74, 6) is 0.101. The Morgan fingerprint density at radius 3 is 2.92 bits per heavy atom. The molecule has 4 rings (SSSR count). The molecule has 3 aromatic rings. The molecule has 7 nitrogen and oxygen atoms in total. The summed E-state index contributed by atoms with van der Waals surface area (Å²) >= 11 is 0. The molecule has 1 aliphatic heterocycles. The predicted molar refractivity (Wildman–Crippen MR) is 90.6 cm³/mol. The average Bonchev–Trinajstić information content (AvgIpc) is 3.10. The van der Waals surface area contributed by atoms with Gasteiger partial charge in [-0.25, -0.2) is 9.37 Å². The Morgan fingerprint density at radius 2 is 2.16 bits per heavy atom. The number of carbonyl (C=O) groups excluding carboxylic acids is 1. The van der Waals surface area contributed by atoms with Gasteiger partial charge in [0.25, 0.3) is 5.91 Å². The summed E-state index contributed by atoms with van der Waals surface area (Å²) in [7, 11) is 0. The van der Waals surface area contributed by atoms with E-state index in [1.165, 1.54) is 18.5 Å². The summed E-state index contributed by atoms with van der Waals surface area (Å²) in [4.78, 5) is 21.5. The minimum Gasteiger partial charge on any atom is -0.366 e. The SMILES string of the molecule is O=C(c1cc(F)cc2[nH]cnc12)N1CCC(Nc2cccnn2)CC1. The molecule has 128 valence electrons. The Bertz CT molecular complexity index is 889. The summed E-state index contributed by atoms with van der Waals surface area (Å²) in [6.45, 7) is 1.19. The van der Waals surface area contributed by atoms with Crippen LogP contribution >= 0.6 is 0 Å².